The molecule has 6 heteroatoms. The van der Waals surface area contributed by atoms with Crippen LogP contribution in [0.25, 0.3) is 10.2 Å². The van der Waals surface area contributed by atoms with Crippen LogP contribution in [-0.4, -0.2) is 16.0 Å². The number of thiazole rings is 1. The maximum absolute atomic E-state index is 13.2. The zero-order valence-corrected chi connectivity index (χ0v) is 11.9. The summed E-state index contributed by atoms with van der Waals surface area (Å²) < 4.78 is 14.1. The molecule has 0 aliphatic carbocycles. The molecule has 0 aliphatic heterocycles. The second-order valence-electron chi connectivity index (χ2n) is 4.61. The largest absolute Gasteiger partial charge is 0.507 e. The summed E-state index contributed by atoms with van der Waals surface area (Å²) in [5, 5.41) is 12.6. The summed E-state index contributed by atoms with van der Waals surface area (Å²) in [5.41, 5.74) is 1.77. The summed E-state index contributed by atoms with van der Waals surface area (Å²) in [4.78, 5) is 16.3. The number of rotatable bonds is 2. The highest BCUT2D eigenvalue weighted by atomic mass is 32.1. The molecule has 2 aromatic carbocycles. The van der Waals surface area contributed by atoms with Gasteiger partial charge in [0.1, 0.15) is 11.6 Å². The van der Waals surface area contributed by atoms with E-state index in [1.54, 1.807) is 0 Å². The van der Waals surface area contributed by atoms with E-state index >= 15 is 0 Å². The first kappa shape index (κ1) is 13.5. The van der Waals surface area contributed by atoms with Gasteiger partial charge >= 0.3 is 0 Å². The second-order valence-corrected chi connectivity index (χ2v) is 5.64. The monoisotopic (exact) mass is 302 g/mol. The molecule has 0 spiro atoms. The van der Waals surface area contributed by atoms with Gasteiger partial charge in [-0.05, 0) is 42.8 Å². The van der Waals surface area contributed by atoms with Crippen molar-refractivity contribution >= 4 is 32.6 Å². The highest BCUT2D eigenvalue weighted by Gasteiger charge is 2.14. The molecule has 106 valence electrons. The van der Waals surface area contributed by atoms with Crippen LogP contribution in [-0.2, 0) is 0 Å². The van der Waals surface area contributed by atoms with Crippen molar-refractivity contribution < 1.29 is 14.3 Å². The van der Waals surface area contributed by atoms with Gasteiger partial charge in [-0.2, -0.15) is 0 Å². The number of aromatic hydroxyl groups is 1. The number of fused-ring (bicyclic) bond motifs is 1. The van der Waals surface area contributed by atoms with Crippen LogP contribution in [0.15, 0.2) is 36.4 Å². The fourth-order valence-electron chi connectivity index (χ4n) is 1.94. The number of aromatic nitrogens is 1. The van der Waals surface area contributed by atoms with Crippen LogP contribution in [0.4, 0.5) is 9.52 Å². The number of aryl methyl sites for hydroxylation is 1. The van der Waals surface area contributed by atoms with Gasteiger partial charge in [-0.3, -0.25) is 10.1 Å². The van der Waals surface area contributed by atoms with Gasteiger partial charge in [-0.1, -0.05) is 17.4 Å². The molecule has 0 bridgehead atoms. The molecule has 1 amide bonds. The van der Waals surface area contributed by atoms with E-state index in [0.717, 1.165) is 34.0 Å². The van der Waals surface area contributed by atoms with Crippen LogP contribution < -0.4 is 5.32 Å². The first-order valence-electron chi connectivity index (χ1n) is 6.20. The Morgan fingerprint density at radius 2 is 2.10 bits per heavy atom. The zero-order valence-electron chi connectivity index (χ0n) is 11.1. The molecule has 0 saturated carbocycles. The summed E-state index contributed by atoms with van der Waals surface area (Å²) in [6.45, 7) is 1.97. The lowest BCUT2D eigenvalue weighted by atomic mass is 10.2. The van der Waals surface area contributed by atoms with Gasteiger partial charge < -0.3 is 5.11 Å². The number of phenols is 1. The summed E-state index contributed by atoms with van der Waals surface area (Å²) in [5.74, 6) is -1.45. The number of nitrogens with zero attached hydrogens (tertiary/aromatic N) is 1. The lowest BCUT2D eigenvalue weighted by Gasteiger charge is -2.03. The van der Waals surface area contributed by atoms with Crippen LogP contribution in [0.3, 0.4) is 0 Å². The number of halogens is 1. The fraction of sp³-hybridized carbons (Fsp3) is 0.0667. The number of nitrogens with one attached hydrogen (secondary N) is 1. The number of carbonyl (C=O) groups is 1. The first-order chi connectivity index (χ1) is 10.0. The van der Waals surface area contributed by atoms with E-state index in [0.29, 0.717) is 5.13 Å². The van der Waals surface area contributed by atoms with Gasteiger partial charge in [-0.25, -0.2) is 9.37 Å². The standard InChI is InChI=1S/C15H11FN2O2S/c1-8-2-4-11-13(6-8)21-15(17-11)18-14(20)10-7-9(16)3-5-12(10)19/h2-7,19H,1H3,(H,17,18,20). The summed E-state index contributed by atoms with van der Waals surface area (Å²) in [6.07, 6.45) is 0. The lowest BCUT2D eigenvalue weighted by molar-refractivity contribution is 0.102. The molecule has 1 heterocycles. The number of hydrogen-bond acceptors (Lipinski definition) is 4. The molecule has 3 rings (SSSR count). The average Bonchev–Trinajstić information content (AvgIpc) is 2.82. The number of amides is 1. The van der Waals surface area contributed by atoms with E-state index in [9.17, 15) is 14.3 Å². The highest BCUT2D eigenvalue weighted by Crippen LogP contribution is 2.27. The van der Waals surface area contributed by atoms with Gasteiger partial charge in [0.25, 0.3) is 5.91 Å². The number of phenolic OH excluding ortho intramolecular Hbond substituents is 1. The maximum atomic E-state index is 13.2. The molecule has 4 nitrogen and oxygen atoms in total. The SMILES string of the molecule is Cc1ccc2nc(NC(=O)c3cc(F)ccc3O)sc2c1. The van der Waals surface area contributed by atoms with Gasteiger partial charge in [0.2, 0.25) is 0 Å². The predicted octanol–water partition coefficient (Wildman–Crippen LogP) is 3.70. The third kappa shape index (κ3) is 2.71. The molecular formula is C15H11FN2O2S. The Morgan fingerprint density at radius 3 is 2.90 bits per heavy atom. The van der Waals surface area contributed by atoms with Crippen molar-refractivity contribution in [2.75, 3.05) is 5.32 Å². The molecule has 0 radical (unpaired) electrons. The third-order valence-corrected chi connectivity index (χ3v) is 3.90. The Labute approximate surface area is 123 Å². The van der Waals surface area contributed by atoms with Crippen molar-refractivity contribution in [3.63, 3.8) is 0 Å². The smallest absolute Gasteiger partial charge is 0.261 e. The van der Waals surface area contributed by atoms with Crippen molar-refractivity contribution in [3.05, 3.63) is 53.3 Å². The van der Waals surface area contributed by atoms with Crippen LogP contribution in [0.2, 0.25) is 0 Å². The molecule has 1 aromatic heterocycles. The number of benzene rings is 2. The van der Waals surface area contributed by atoms with Crippen LogP contribution in [0.5, 0.6) is 5.75 Å². The Balaban J connectivity index is 1.90. The molecule has 0 aliphatic rings. The molecule has 0 fully saturated rings. The number of anilines is 1. The minimum Gasteiger partial charge on any atom is -0.507 e. The predicted molar refractivity (Wildman–Crippen MR) is 80.4 cm³/mol. The Morgan fingerprint density at radius 1 is 1.29 bits per heavy atom. The van der Waals surface area contributed by atoms with Crippen molar-refractivity contribution in [1.29, 1.82) is 0 Å². The topological polar surface area (TPSA) is 62.2 Å². The van der Waals surface area contributed by atoms with Gasteiger partial charge in [0, 0.05) is 0 Å². The van der Waals surface area contributed by atoms with Crippen LogP contribution in [0, 0.1) is 12.7 Å². The van der Waals surface area contributed by atoms with Crippen molar-refractivity contribution in [2.45, 2.75) is 6.92 Å². The van der Waals surface area contributed by atoms with E-state index in [1.807, 2.05) is 25.1 Å². The molecule has 0 saturated heterocycles. The first-order valence-corrected chi connectivity index (χ1v) is 7.01. The average molecular weight is 302 g/mol. The number of carbonyl (C=O) groups excluding carboxylic acids is 1. The van der Waals surface area contributed by atoms with Crippen LogP contribution >= 0.6 is 11.3 Å². The Bertz CT molecular complexity index is 845. The van der Waals surface area contributed by atoms with Gasteiger partial charge in [0.15, 0.2) is 5.13 Å². The molecule has 2 N–H and O–H groups in total. The maximum Gasteiger partial charge on any atom is 0.261 e. The van der Waals surface area contributed by atoms with Gasteiger partial charge in [0.05, 0.1) is 15.8 Å². The van der Waals surface area contributed by atoms with Crippen LogP contribution in [0.1, 0.15) is 15.9 Å². The van der Waals surface area contributed by atoms with E-state index in [1.165, 1.54) is 11.3 Å². The second kappa shape index (κ2) is 5.14. The van der Waals surface area contributed by atoms with Crippen molar-refractivity contribution in [1.82, 2.24) is 4.98 Å². The molecule has 21 heavy (non-hydrogen) atoms. The zero-order chi connectivity index (χ0) is 15.0. The normalized spacial score (nSPS) is 10.8. The van der Waals surface area contributed by atoms with Crippen molar-refractivity contribution in [3.8, 4) is 5.75 Å². The highest BCUT2D eigenvalue weighted by molar-refractivity contribution is 7.22. The fourth-order valence-corrected chi connectivity index (χ4v) is 2.90. The lowest BCUT2D eigenvalue weighted by Crippen LogP contribution is -2.12. The Kier molecular flexibility index (Phi) is 3.31. The third-order valence-electron chi connectivity index (χ3n) is 2.97. The quantitative estimate of drug-likeness (QED) is 0.758. The van der Waals surface area contributed by atoms with E-state index < -0.39 is 11.7 Å². The minimum atomic E-state index is -0.595. The summed E-state index contributed by atoms with van der Waals surface area (Å²) >= 11 is 1.33. The van der Waals surface area contributed by atoms with E-state index in [4.69, 9.17) is 0 Å². The van der Waals surface area contributed by atoms with Gasteiger partial charge in [-0.15, -0.1) is 0 Å². The molecule has 0 atom stereocenters. The summed E-state index contributed by atoms with van der Waals surface area (Å²) in [6, 6.07) is 9.01. The summed E-state index contributed by atoms with van der Waals surface area (Å²) in [7, 11) is 0. The molecular weight excluding hydrogens is 291 g/mol. The molecule has 0 unspecified atom stereocenters. The van der Waals surface area contributed by atoms with Crippen molar-refractivity contribution in [2.24, 2.45) is 0 Å². The molecule has 3 aromatic rings. The number of hydrogen-bond donors (Lipinski definition) is 2. The van der Waals surface area contributed by atoms with E-state index in [-0.39, 0.29) is 11.3 Å². The Hall–Kier alpha value is -2.47. The van der Waals surface area contributed by atoms with E-state index in [2.05, 4.69) is 10.3 Å². The minimum absolute atomic E-state index is 0.120.